The van der Waals surface area contributed by atoms with Gasteiger partial charge in [-0.1, -0.05) is 30.3 Å². The highest BCUT2D eigenvalue weighted by Crippen LogP contribution is 2.27. The average molecular weight is 252 g/mol. The van der Waals surface area contributed by atoms with Gasteiger partial charge in [0, 0.05) is 12.4 Å². The molecule has 19 heavy (non-hydrogen) atoms. The molecule has 1 aromatic heterocycles. The number of pyridine rings is 1. The zero-order valence-electron chi connectivity index (χ0n) is 11.2. The lowest BCUT2D eigenvalue weighted by molar-refractivity contribution is 0.372. The van der Waals surface area contributed by atoms with Crippen molar-refractivity contribution >= 4 is 0 Å². The maximum Gasteiger partial charge on any atom is 0.0306 e. The predicted octanol–water partition coefficient (Wildman–Crippen LogP) is 3.29. The fourth-order valence-corrected chi connectivity index (χ4v) is 2.89. The molecule has 1 N–H and O–H groups in total. The van der Waals surface area contributed by atoms with Gasteiger partial charge in [-0.15, -0.1) is 0 Å². The molecule has 0 saturated carbocycles. The standard InChI is InChI=1S/C17H20N2/c1-2-4-15(5-3-1)17-8-11-19-13-16(17)12-14-6-9-18-10-7-14/h1-5,8,11,13-14,18H,6-7,9-10,12H2. The highest BCUT2D eigenvalue weighted by atomic mass is 14.9. The molecule has 0 radical (unpaired) electrons. The van der Waals surface area contributed by atoms with Gasteiger partial charge in [0.05, 0.1) is 0 Å². The van der Waals surface area contributed by atoms with E-state index in [2.05, 4.69) is 46.7 Å². The normalized spacial score (nSPS) is 16.4. The van der Waals surface area contributed by atoms with Gasteiger partial charge in [0.2, 0.25) is 0 Å². The summed E-state index contributed by atoms with van der Waals surface area (Å²) in [6.07, 6.45) is 7.66. The van der Waals surface area contributed by atoms with Crippen LogP contribution in [0, 0.1) is 5.92 Å². The number of piperidine rings is 1. The molecular weight excluding hydrogens is 232 g/mol. The van der Waals surface area contributed by atoms with Crippen LogP contribution in [-0.4, -0.2) is 18.1 Å². The number of nitrogens with one attached hydrogen (secondary N) is 1. The Morgan fingerprint density at radius 2 is 1.84 bits per heavy atom. The molecule has 1 aromatic carbocycles. The Hall–Kier alpha value is -1.67. The van der Waals surface area contributed by atoms with Gasteiger partial charge in [-0.2, -0.15) is 0 Å². The summed E-state index contributed by atoms with van der Waals surface area (Å²) < 4.78 is 0. The minimum atomic E-state index is 0.799. The van der Waals surface area contributed by atoms with Gasteiger partial charge >= 0.3 is 0 Å². The second-order valence-corrected chi connectivity index (χ2v) is 5.30. The number of rotatable bonds is 3. The molecule has 2 heteroatoms. The molecule has 0 unspecified atom stereocenters. The van der Waals surface area contributed by atoms with Crippen LogP contribution in [0.2, 0.25) is 0 Å². The Balaban J connectivity index is 1.85. The lowest BCUT2D eigenvalue weighted by Gasteiger charge is -2.23. The first kappa shape index (κ1) is 12.4. The van der Waals surface area contributed by atoms with Gasteiger partial charge in [0.1, 0.15) is 0 Å². The second-order valence-electron chi connectivity index (χ2n) is 5.30. The molecule has 1 saturated heterocycles. The Kier molecular flexibility index (Phi) is 3.89. The molecule has 2 heterocycles. The van der Waals surface area contributed by atoms with Crippen molar-refractivity contribution in [2.75, 3.05) is 13.1 Å². The summed E-state index contributed by atoms with van der Waals surface area (Å²) in [5, 5.41) is 3.43. The van der Waals surface area contributed by atoms with Crippen LogP contribution >= 0.6 is 0 Å². The largest absolute Gasteiger partial charge is 0.317 e. The van der Waals surface area contributed by atoms with Crippen LogP contribution in [0.3, 0.4) is 0 Å². The third-order valence-electron chi connectivity index (χ3n) is 3.96. The van der Waals surface area contributed by atoms with Crippen molar-refractivity contribution in [1.82, 2.24) is 10.3 Å². The molecule has 0 aliphatic carbocycles. The Morgan fingerprint density at radius 1 is 1.05 bits per heavy atom. The van der Waals surface area contributed by atoms with Gasteiger partial charge in [-0.25, -0.2) is 0 Å². The quantitative estimate of drug-likeness (QED) is 0.906. The van der Waals surface area contributed by atoms with E-state index in [9.17, 15) is 0 Å². The molecule has 1 fully saturated rings. The molecular formula is C17H20N2. The van der Waals surface area contributed by atoms with Crippen molar-refractivity contribution in [1.29, 1.82) is 0 Å². The molecule has 0 spiro atoms. The maximum atomic E-state index is 4.32. The third-order valence-corrected chi connectivity index (χ3v) is 3.96. The van der Waals surface area contributed by atoms with E-state index in [1.165, 1.54) is 29.5 Å². The highest BCUT2D eigenvalue weighted by molar-refractivity contribution is 5.66. The SMILES string of the molecule is c1ccc(-c2ccncc2CC2CCNCC2)cc1. The fraction of sp³-hybridized carbons (Fsp3) is 0.353. The van der Waals surface area contributed by atoms with Crippen LogP contribution in [-0.2, 0) is 6.42 Å². The maximum absolute atomic E-state index is 4.32. The average Bonchev–Trinajstić information content (AvgIpc) is 2.50. The number of nitrogens with zero attached hydrogens (tertiary/aromatic N) is 1. The summed E-state index contributed by atoms with van der Waals surface area (Å²) in [6, 6.07) is 12.8. The molecule has 3 rings (SSSR count). The van der Waals surface area contributed by atoms with Crippen molar-refractivity contribution in [2.24, 2.45) is 5.92 Å². The van der Waals surface area contributed by atoms with Gasteiger partial charge in [0.15, 0.2) is 0 Å². The van der Waals surface area contributed by atoms with E-state index in [4.69, 9.17) is 0 Å². The zero-order chi connectivity index (χ0) is 12.9. The summed E-state index contributed by atoms with van der Waals surface area (Å²) in [5.41, 5.74) is 4.03. The number of benzene rings is 1. The topological polar surface area (TPSA) is 24.9 Å². The van der Waals surface area contributed by atoms with Crippen molar-refractivity contribution in [2.45, 2.75) is 19.3 Å². The highest BCUT2D eigenvalue weighted by Gasteiger charge is 2.15. The first-order valence-electron chi connectivity index (χ1n) is 7.12. The minimum absolute atomic E-state index is 0.799. The first-order valence-corrected chi connectivity index (χ1v) is 7.12. The lowest BCUT2D eigenvalue weighted by Crippen LogP contribution is -2.28. The van der Waals surface area contributed by atoms with Crippen molar-refractivity contribution in [3.05, 3.63) is 54.4 Å². The van der Waals surface area contributed by atoms with Crippen LogP contribution < -0.4 is 5.32 Å². The van der Waals surface area contributed by atoms with Crippen molar-refractivity contribution < 1.29 is 0 Å². The van der Waals surface area contributed by atoms with E-state index in [-0.39, 0.29) is 0 Å². The smallest absolute Gasteiger partial charge is 0.0306 e. The Labute approximate surface area is 114 Å². The molecule has 98 valence electrons. The van der Waals surface area contributed by atoms with Crippen LogP contribution in [0.1, 0.15) is 18.4 Å². The molecule has 0 amide bonds. The monoisotopic (exact) mass is 252 g/mol. The summed E-state index contributed by atoms with van der Waals surface area (Å²) >= 11 is 0. The third kappa shape index (κ3) is 3.02. The summed E-state index contributed by atoms with van der Waals surface area (Å²) in [7, 11) is 0. The molecule has 2 nitrogen and oxygen atoms in total. The molecule has 2 aromatic rings. The zero-order valence-corrected chi connectivity index (χ0v) is 11.2. The van der Waals surface area contributed by atoms with E-state index in [1.54, 1.807) is 0 Å². The van der Waals surface area contributed by atoms with Crippen LogP contribution in [0.4, 0.5) is 0 Å². The summed E-state index contributed by atoms with van der Waals surface area (Å²) in [4.78, 5) is 4.32. The predicted molar refractivity (Wildman–Crippen MR) is 79.0 cm³/mol. The lowest BCUT2D eigenvalue weighted by atomic mass is 9.88. The molecule has 1 aliphatic heterocycles. The van der Waals surface area contributed by atoms with Gasteiger partial charge < -0.3 is 5.32 Å². The summed E-state index contributed by atoms with van der Waals surface area (Å²) in [5.74, 6) is 0.799. The molecule has 0 atom stereocenters. The molecule has 1 aliphatic rings. The van der Waals surface area contributed by atoms with E-state index in [0.717, 1.165) is 25.4 Å². The number of aromatic nitrogens is 1. The van der Waals surface area contributed by atoms with Crippen LogP contribution in [0.15, 0.2) is 48.8 Å². The van der Waals surface area contributed by atoms with Crippen molar-refractivity contribution in [3.63, 3.8) is 0 Å². The van der Waals surface area contributed by atoms with E-state index in [0.29, 0.717) is 0 Å². The Morgan fingerprint density at radius 3 is 2.63 bits per heavy atom. The van der Waals surface area contributed by atoms with Crippen LogP contribution in [0.25, 0.3) is 11.1 Å². The van der Waals surface area contributed by atoms with Crippen LogP contribution in [0.5, 0.6) is 0 Å². The number of hydrogen-bond acceptors (Lipinski definition) is 2. The second kappa shape index (κ2) is 5.98. The fourth-order valence-electron chi connectivity index (χ4n) is 2.89. The summed E-state index contributed by atoms with van der Waals surface area (Å²) in [6.45, 7) is 2.32. The first-order chi connectivity index (χ1) is 9.43. The van der Waals surface area contributed by atoms with Crippen molar-refractivity contribution in [3.8, 4) is 11.1 Å². The van der Waals surface area contributed by atoms with Gasteiger partial charge in [0.25, 0.3) is 0 Å². The molecule has 0 bridgehead atoms. The number of hydrogen-bond donors (Lipinski definition) is 1. The van der Waals surface area contributed by atoms with E-state index in [1.807, 2.05) is 12.4 Å². The van der Waals surface area contributed by atoms with Gasteiger partial charge in [-0.3, -0.25) is 4.98 Å². The van der Waals surface area contributed by atoms with E-state index >= 15 is 0 Å². The van der Waals surface area contributed by atoms with E-state index < -0.39 is 0 Å². The minimum Gasteiger partial charge on any atom is -0.317 e. The van der Waals surface area contributed by atoms with Gasteiger partial charge in [-0.05, 0) is 61.0 Å². The Bertz CT molecular complexity index is 516.